The summed E-state index contributed by atoms with van der Waals surface area (Å²) >= 11 is 0. The lowest BCUT2D eigenvalue weighted by Gasteiger charge is -2.20. The van der Waals surface area contributed by atoms with Gasteiger partial charge >= 0.3 is 0 Å². The van der Waals surface area contributed by atoms with Gasteiger partial charge in [0.1, 0.15) is 0 Å². The van der Waals surface area contributed by atoms with Crippen molar-refractivity contribution in [3.05, 3.63) is 0 Å². The van der Waals surface area contributed by atoms with Gasteiger partial charge in [-0.05, 0) is 13.8 Å². The highest BCUT2D eigenvalue weighted by Gasteiger charge is 2.22. The number of nitrogens with two attached hydrogens (primary N) is 1. The SMILES string of the molecule is CCN(CC)c1nc(NN)nc(NC2CNC(=O)C2)n1. The normalized spacial score (nSPS) is 17.8. The number of nitrogens with zero attached hydrogens (tertiary/aromatic N) is 4. The fourth-order valence-electron chi connectivity index (χ4n) is 2.03. The van der Waals surface area contributed by atoms with E-state index in [0.29, 0.717) is 30.8 Å². The molecular formula is C11H20N8O. The number of anilines is 3. The molecule has 0 aliphatic carbocycles. The van der Waals surface area contributed by atoms with Gasteiger partial charge in [0.05, 0.1) is 6.04 Å². The van der Waals surface area contributed by atoms with Gasteiger partial charge in [0.15, 0.2) is 0 Å². The molecule has 1 atom stereocenters. The van der Waals surface area contributed by atoms with Crippen molar-refractivity contribution in [2.24, 2.45) is 5.84 Å². The second-order valence-corrected chi connectivity index (χ2v) is 4.45. The minimum atomic E-state index is -0.0138. The average Bonchev–Trinajstić information content (AvgIpc) is 2.85. The zero-order chi connectivity index (χ0) is 14.5. The van der Waals surface area contributed by atoms with E-state index in [1.165, 1.54) is 0 Å². The van der Waals surface area contributed by atoms with E-state index in [4.69, 9.17) is 5.84 Å². The van der Waals surface area contributed by atoms with E-state index < -0.39 is 0 Å². The van der Waals surface area contributed by atoms with E-state index in [0.717, 1.165) is 13.1 Å². The lowest BCUT2D eigenvalue weighted by molar-refractivity contribution is -0.119. The largest absolute Gasteiger partial charge is 0.354 e. The Hall–Kier alpha value is -2.16. The molecule has 1 saturated heterocycles. The van der Waals surface area contributed by atoms with Gasteiger partial charge < -0.3 is 15.5 Å². The van der Waals surface area contributed by atoms with Crippen LogP contribution < -0.4 is 26.8 Å². The fraction of sp³-hybridized carbons (Fsp3) is 0.636. The van der Waals surface area contributed by atoms with E-state index in [9.17, 15) is 4.79 Å². The van der Waals surface area contributed by atoms with Crippen LogP contribution in [0.5, 0.6) is 0 Å². The van der Waals surface area contributed by atoms with Crippen molar-refractivity contribution >= 4 is 23.8 Å². The van der Waals surface area contributed by atoms with Gasteiger partial charge in [0, 0.05) is 26.1 Å². The Kier molecular flexibility index (Phi) is 4.51. The zero-order valence-electron chi connectivity index (χ0n) is 11.7. The molecule has 1 aromatic heterocycles. The van der Waals surface area contributed by atoms with Crippen molar-refractivity contribution in [3.8, 4) is 0 Å². The molecule has 5 N–H and O–H groups in total. The minimum Gasteiger partial charge on any atom is -0.354 e. The highest BCUT2D eigenvalue weighted by molar-refractivity contribution is 5.79. The summed E-state index contributed by atoms with van der Waals surface area (Å²) in [6.07, 6.45) is 0.414. The van der Waals surface area contributed by atoms with Gasteiger partial charge in [-0.15, -0.1) is 0 Å². The molecule has 0 bridgehead atoms. The summed E-state index contributed by atoms with van der Waals surface area (Å²) < 4.78 is 0. The Morgan fingerprint density at radius 1 is 1.30 bits per heavy atom. The monoisotopic (exact) mass is 280 g/mol. The predicted octanol–water partition coefficient (Wildman–Crippen LogP) is -0.696. The van der Waals surface area contributed by atoms with Crippen molar-refractivity contribution < 1.29 is 4.79 Å². The summed E-state index contributed by atoms with van der Waals surface area (Å²) in [7, 11) is 0. The van der Waals surface area contributed by atoms with Gasteiger partial charge in [0.2, 0.25) is 23.8 Å². The van der Waals surface area contributed by atoms with Crippen molar-refractivity contribution in [1.29, 1.82) is 0 Å². The van der Waals surface area contributed by atoms with Gasteiger partial charge in [-0.1, -0.05) is 0 Å². The number of amides is 1. The first kappa shape index (κ1) is 14.3. The number of aromatic nitrogens is 3. The fourth-order valence-corrected chi connectivity index (χ4v) is 2.03. The van der Waals surface area contributed by atoms with E-state index in [2.05, 4.69) is 31.0 Å². The second-order valence-electron chi connectivity index (χ2n) is 4.45. The van der Waals surface area contributed by atoms with Crippen molar-refractivity contribution in [3.63, 3.8) is 0 Å². The van der Waals surface area contributed by atoms with Crippen molar-refractivity contribution in [2.75, 3.05) is 35.3 Å². The van der Waals surface area contributed by atoms with Crippen LogP contribution in [0, 0.1) is 0 Å². The maximum atomic E-state index is 11.2. The Bertz CT molecular complexity index is 475. The molecule has 0 aromatic carbocycles. The highest BCUT2D eigenvalue weighted by atomic mass is 16.1. The molecule has 2 rings (SSSR count). The van der Waals surface area contributed by atoms with E-state index in [-0.39, 0.29) is 11.9 Å². The number of carbonyl (C=O) groups excluding carboxylic acids is 1. The van der Waals surface area contributed by atoms with Crippen LogP contribution >= 0.6 is 0 Å². The Morgan fingerprint density at radius 3 is 2.55 bits per heavy atom. The molecule has 2 heterocycles. The van der Waals surface area contributed by atoms with Crippen LogP contribution in [0.15, 0.2) is 0 Å². The molecule has 110 valence electrons. The molecule has 1 unspecified atom stereocenters. The minimum absolute atomic E-state index is 0.0138. The summed E-state index contributed by atoms with van der Waals surface area (Å²) in [5.74, 6) is 6.67. The van der Waals surface area contributed by atoms with Crippen molar-refractivity contribution in [1.82, 2.24) is 20.3 Å². The number of rotatable bonds is 6. The third kappa shape index (κ3) is 3.23. The van der Waals surface area contributed by atoms with E-state index in [1.807, 2.05) is 18.7 Å². The molecule has 20 heavy (non-hydrogen) atoms. The van der Waals surface area contributed by atoms with Crippen LogP contribution in [0.1, 0.15) is 20.3 Å². The lowest BCUT2D eigenvalue weighted by atomic mass is 10.3. The molecule has 0 radical (unpaired) electrons. The zero-order valence-corrected chi connectivity index (χ0v) is 11.7. The number of nitrogens with one attached hydrogen (secondary N) is 3. The molecular weight excluding hydrogens is 260 g/mol. The highest BCUT2D eigenvalue weighted by Crippen LogP contribution is 2.14. The van der Waals surface area contributed by atoms with Gasteiger partial charge in [-0.3, -0.25) is 10.2 Å². The van der Waals surface area contributed by atoms with Crippen LogP contribution in [-0.4, -0.2) is 46.5 Å². The average molecular weight is 280 g/mol. The Balaban J connectivity index is 2.19. The molecule has 0 spiro atoms. The van der Waals surface area contributed by atoms with E-state index in [1.54, 1.807) is 0 Å². The maximum Gasteiger partial charge on any atom is 0.243 e. The first-order valence-corrected chi connectivity index (χ1v) is 6.67. The molecule has 9 heteroatoms. The smallest absolute Gasteiger partial charge is 0.243 e. The van der Waals surface area contributed by atoms with Gasteiger partial charge in [0.25, 0.3) is 0 Å². The topological polar surface area (TPSA) is 121 Å². The van der Waals surface area contributed by atoms with Crippen LogP contribution in [0.2, 0.25) is 0 Å². The maximum absolute atomic E-state index is 11.2. The first-order valence-electron chi connectivity index (χ1n) is 6.67. The third-order valence-electron chi connectivity index (χ3n) is 3.11. The number of hydrogen-bond acceptors (Lipinski definition) is 8. The molecule has 9 nitrogen and oxygen atoms in total. The molecule has 1 amide bonds. The summed E-state index contributed by atoms with van der Waals surface area (Å²) in [6.45, 7) is 6.18. The molecule has 1 fully saturated rings. The molecule has 1 aliphatic heterocycles. The summed E-state index contributed by atoms with van der Waals surface area (Å²) in [5, 5.41) is 5.88. The standard InChI is InChI=1S/C11H20N8O/c1-3-19(4-2)11-16-9(15-10(17-11)18-12)14-7-5-8(20)13-6-7/h7H,3-6,12H2,1-2H3,(H,13,20)(H2,14,15,16,17,18). The molecule has 0 saturated carbocycles. The first-order chi connectivity index (χ1) is 9.66. The predicted molar refractivity (Wildman–Crippen MR) is 76.2 cm³/mol. The number of carbonyl (C=O) groups is 1. The van der Waals surface area contributed by atoms with Crippen LogP contribution in [0.25, 0.3) is 0 Å². The molecule has 1 aromatic rings. The quantitative estimate of drug-likeness (QED) is 0.399. The van der Waals surface area contributed by atoms with Gasteiger partial charge in [-0.2, -0.15) is 15.0 Å². The Morgan fingerprint density at radius 2 is 2.00 bits per heavy atom. The van der Waals surface area contributed by atoms with Crippen LogP contribution in [0.3, 0.4) is 0 Å². The number of hydrogen-bond donors (Lipinski definition) is 4. The number of nitrogen functional groups attached to an aromatic ring is 1. The van der Waals surface area contributed by atoms with Crippen LogP contribution in [-0.2, 0) is 4.79 Å². The molecule has 1 aliphatic rings. The summed E-state index contributed by atoms with van der Waals surface area (Å²) in [5.41, 5.74) is 2.43. The lowest BCUT2D eigenvalue weighted by Crippen LogP contribution is -2.28. The van der Waals surface area contributed by atoms with Gasteiger partial charge in [-0.25, -0.2) is 5.84 Å². The number of hydrazine groups is 1. The van der Waals surface area contributed by atoms with Crippen LogP contribution in [0.4, 0.5) is 17.8 Å². The summed E-state index contributed by atoms with van der Waals surface area (Å²) in [6, 6.07) is -0.0138. The second kappa shape index (κ2) is 6.33. The van der Waals surface area contributed by atoms with Crippen molar-refractivity contribution in [2.45, 2.75) is 26.3 Å². The van der Waals surface area contributed by atoms with E-state index >= 15 is 0 Å². The Labute approximate surface area is 117 Å². The summed E-state index contributed by atoms with van der Waals surface area (Å²) in [4.78, 5) is 25.9. The third-order valence-corrected chi connectivity index (χ3v) is 3.11.